The minimum atomic E-state index is -0.948. The molecular weight excluding hydrogens is 226 g/mol. The fourth-order valence-electron chi connectivity index (χ4n) is 1.55. The standard InChI is InChI=1S/C11H19NO5/c1-11(2,16-3)10(15)12-6-7-4-5-8(17-7)9(13)14/h7-8H,4-6H2,1-3H3,(H,12,15)(H,13,14). The molecule has 0 bridgehead atoms. The lowest BCUT2D eigenvalue weighted by Gasteiger charge is -2.22. The van der Waals surface area contributed by atoms with Gasteiger partial charge in [-0.1, -0.05) is 0 Å². The highest BCUT2D eigenvalue weighted by atomic mass is 16.5. The van der Waals surface area contributed by atoms with Gasteiger partial charge in [-0.2, -0.15) is 0 Å². The maximum Gasteiger partial charge on any atom is 0.332 e. The number of hydrogen-bond donors (Lipinski definition) is 2. The Morgan fingerprint density at radius 1 is 1.47 bits per heavy atom. The van der Waals surface area contributed by atoms with Gasteiger partial charge in [0.2, 0.25) is 0 Å². The van der Waals surface area contributed by atoms with Crippen molar-refractivity contribution >= 4 is 11.9 Å². The summed E-state index contributed by atoms with van der Waals surface area (Å²) in [4.78, 5) is 22.3. The molecule has 0 radical (unpaired) electrons. The number of hydrogen-bond acceptors (Lipinski definition) is 4. The number of methoxy groups -OCH3 is 1. The lowest BCUT2D eigenvalue weighted by atomic mass is 10.1. The summed E-state index contributed by atoms with van der Waals surface area (Å²) in [5, 5.41) is 11.4. The molecule has 1 amide bonds. The smallest absolute Gasteiger partial charge is 0.332 e. The van der Waals surface area contributed by atoms with Gasteiger partial charge in [-0.15, -0.1) is 0 Å². The van der Waals surface area contributed by atoms with Crippen molar-refractivity contribution in [3.63, 3.8) is 0 Å². The van der Waals surface area contributed by atoms with Gasteiger partial charge in [-0.3, -0.25) is 4.79 Å². The molecule has 17 heavy (non-hydrogen) atoms. The van der Waals surface area contributed by atoms with Crippen LogP contribution in [0.1, 0.15) is 26.7 Å². The van der Waals surface area contributed by atoms with E-state index >= 15 is 0 Å². The first-order valence-corrected chi connectivity index (χ1v) is 5.58. The van der Waals surface area contributed by atoms with Gasteiger partial charge < -0.3 is 19.9 Å². The van der Waals surface area contributed by atoms with Gasteiger partial charge in [0, 0.05) is 13.7 Å². The van der Waals surface area contributed by atoms with E-state index in [9.17, 15) is 9.59 Å². The highest BCUT2D eigenvalue weighted by Gasteiger charge is 2.32. The largest absolute Gasteiger partial charge is 0.479 e. The lowest BCUT2D eigenvalue weighted by molar-refractivity contribution is -0.149. The Labute approximate surface area is 100 Å². The van der Waals surface area contributed by atoms with Gasteiger partial charge in [0.25, 0.3) is 5.91 Å². The zero-order valence-corrected chi connectivity index (χ0v) is 10.4. The number of amides is 1. The molecule has 0 aromatic heterocycles. The number of aliphatic carboxylic acids is 1. The van der Waals surface area contributed by atoms with Crippen molar-refractivity contribution in [3.8, 4) is 0 Å². The Hall–Kier alpha value is -1.14. The van der Waals surface area contributed by atoms with Crippen molar-refractivity contribution in [3.05, 3.63) is 0 Å². The van der Waals surface area contributed by atoms with E-state index in [1.807, 2.05) is 0 Å². The number of rotatable bonds is 5. The van der Waals surface area contributed by atoms with Gasteiger partial charge >= 0.3 is 5.97 Å². The maximum atomic E-state index is 11.7. The monoisotopic (exact) mass is 245 g/mol. The van der Waals surface area contributed by atoms with Crippen molar-refractivity contribution in [2.45, 2.75) is 44.5 Å². The first-order chi connectivity index (χ1) is 7.86. The van der Waals surface area contributed by atoms with Crippen LogP contribution in [0.2, 0.25) is 0 Å². The fourth-order valence-corrected chi connectivity index (χ4v) is 1.55. The Bertz CT molecular complexity index is 302. The average Bonchev–Trinajstić information content (AvgIpc) is 2.74. The second kappa shape index (κ2) is 5.46. The number of carbonyl (C=O) groups is 2. The third-order valence-electron chi connectivity index (χ3n) is 2.93. The zero-order valence-electron chi connectivity index (χ0n) is 10.4. The molecule has 0 aromatic rings. The summed E-state index contributed by atoms with van der Waals surface area (Å²) in [7, 11) is 1.46. The molecule has 1 aliphatic heterocycles. The van der Waals surface area contributed by atoms with Crippen LogP contribution in [0, 0.1) is 0 Å². The van der Waals surface area contributed by atoms with Crippen LogP contribution in [0.4, 0.5) is 0 Å². The summed E-state index contributed by atoms with van der Waals surface area (Å²) >= 11 is 0. The predicted octanol–water partition coefficient (Wildman–Crippen LogP) is 0.160. The molecule has 1 rings (SSSR count). The number of ether oxygens (including phenoxy) is 2. The van der Waals surface area contributed by atoms with E-state index < -0.39 is 17.7 Å². The maximum absolute atomic E-state index is 11.7. The summed E-state index contributed by atoms with van der Waals surface area (Å²) in [6.45, 7) is 3.64. The van der Waals surface area contributed by atoms with E-state index in [0.29, 0.717) is 19.4 Å². The van der Waals surface area contributed by atoms with Crippen LogP contribution in [-0.2, 0) is 19.1 Å². The Balaban J connectivity index is 2.33. The van der Waals surface area contributed by atoms with Gasteiger partial charge in [0.15, 0.2) is 6.10 Å². The van der Waals surface area contributed by atoms with Crippen molar-refractivity contribution < 1.29 is 24.2 Å². The van der Waals surface area contributed by atoms with Crippen LogP contribution in [0.25, 0.3) is 0 Å². The van der Waals surface area contributed by atoms with E-state index in [2.05, 4.69) is 5.32 Å². The van der Waals surface area contributed by atoms with Gasteiger partial charge in [0.05, 0.1) is 6.10 Å². The van der Waals surface area contributed by atoms with Gasteiger partial charge in [-0.05, 0) is 26.7 Å². The molecule has 0 aliphatic carbocycles. The molecule has 2 N–H and O–H groups in total. The van der Waals surface area contributed by atoms with Crippen LogP contribution in [0.3, 0.4) is 0 Å². The van der Waals surface area contributed by atoms with Crippen LogP contribution in [0.15, 0.2) is 0 Å². The second-order valence-corrected chi connectivity index (χ2v) is 4.59. The molecule has 1 saturated heterocycles. The highest BCUT2D eigenvalue weighted by Crippen LogP contribution is 2.19. The van der Waals surface area contributed by atoms with E-state index in [4.69, 9.17) is 14.6 Å². The number of carbonyl (C=O) groups excluding carboxylic acids is 1. The molecular formula is C11H19NO5. The summed E-state index contributed by atoms with van der Waals surface area (Å²) < 4.78 is 10.3. The van der Waals surface area contributed by atoms with Crippen LogP contribution in [0.5, 0.6) is 0 Å². The molecule has 0 spiro atoms. The molecule has 0 saturated carbocycles. The molecule has 0 aromatic carbocycles. The number of carboxylic acid groups (broad SMARTS) is 1. The zero-order chi connectivity index (χ0) is 13.1. The first-order valence-electron chi connectivity index (χ1n) is 5.58. The SMILES string of the molecule is COC(C)(C)C(=O)NCC1CCC(C(=O)O)O1. The summed E-state index contributed by atoms with van der Waals surface area (Å²) in [5.74, 6) is -1.18. The van der Waals surface area contributed by atoms with Crippen LogP contribution >= 0.6 is 0 Å². The van der Waals surface area contributed by atoms with Gasteiger partial charge in [-0.25, -0.2) is 4.79 Å². The fraction of sp³-hybridized carbons (Fsp3) is 0.818. The van der Waals surface area contributed by atoms with Crippen molar-refractivity contribution in [2.75, 3.05) is 13.7 Å². The summed E-state index contributed by atoms with van der Waals surface area (Å²) in [6, 6.07) is 0. The van der Waals surface area contributed by atoms with Crippen molar-refractivity contribution in [2.24, 2.45) is 0 Å². The molecule has 1 aliphatic rings. The number of carboxylic acids is 1. The third kappa shape index (κ3) is 3.67. The second-order valence-electron chi connectivity index (χ2n) is 4.59. The minimum absolute atomic E-state index is 0.229. The number of nitrogens with one attached hydrogen (secondary N) is 1. The van der Waals surface area contributed by atoms with Crippen LogP contribution in [-0.4, -0.2) is 48.4 Å². The molecule has 98 valence electrons. The van der Waals surface area contributed by atoms with E-state index in [0.717, 1.165) is 0 Å². The Kier molecular flexibility index (Phi) is 4.47. The first kappa shape index (κ1) is 13.9. The topological polar surface area (TPSA) is 84.9 Å². The molecule has 6 heteroatoms. The molecule has 2 atom stereocenters. The molecule has 2 unspecified atom stereocenters. The molecule has 6 nitrogen and oxygen atoms in total. The quantitative estimate of drug-likeness (QED) is 0.720. The van der Waals surface area contributed by atoms with E-state index in [-0.39, 0.29) is 12.0 Å². The minimum Gasteiger partial charge on any atom is -0.479 e. The summed E-state index contributed by atoms with van der Waals surface area (Å²) in [5.41, 5.74) is -0.884. The average molecular weight is 245 g/mol. The lowest BCUT2D eigenvalue weighted by Crippen LogP contribution is -2.46. The summed E-state index contributed by atoms with van der Waals surface area (Å²) in [6.07, 6.45) is 0.161. The van der Waals surface area contributed by atoms with Crippen molar-refractivity contribution in [1.29, 1.82) is 0 Å². The van der Waals surface area contributed by atoms with Crippen LogP contribution < -0.4 is 5.32 Å². The van der Waals surface area contributed by atoms with Gasteiger partial charge in [0.1, 0.15) is 5.60 Å². The Morgan fingerprint density at radius 3 is 2.59 bits per heavy atom. The third-order valence-corrected chi connectivity index (χ3v) is 2.93. The van der Waals surface area contributed by atoms with Crippen molar-refractivity contribution in [1.82, 2.24) is 5.32 Å². The molecule has 1 heterocycles. The van der Waals surface area contributed by atoms with E-state index in [1.54, 1.807) is 13.8 Å². The van der Waals surface area contributed by atoms with E-state index in [1.165, 1.54) is 7.11 Å². The highest BCUT2D eigenvalue weighted by molar-refractivity contribution is 5.84. The Morgan fingerprint density at radius 2 is 2.12 bits per heavy atom. The molecule has 1 fully saturated rings. The predicted molar refractivity (Wildman–Crippen MR) is 59.6 cm³/mol. The normalized spacial score (nSPS) is 24.6.